The molecule has 0 unspecified atom stereocenters. The van der Waals surface area contributed by atoms with Crippen LogP contribution in [0.4, 0.5) is 12.9 Å². The number of halogens is 3. The van der Waals surface area contributed by atoms with Crippen LogP contribution in [0.5, 0.6) is 5.75 Å². The fourth-order valence-electron chi connectivity index (χ4n) is 1.12. The number of hydrogen-bond acceptors (Lipinski definition) is 1. The molecule has 1 nitrogen and oxygen atoms in total. The Labute approximate surface area is 136 Å². The fraction of sp³-hybridized carbons (Fsp3) is 0.400. The Bertz CT molecular complexity index is 300. The summed E-state index contributed by atoms with van der Waals surface area (Å²) in [6.45, 7) is -2.32. The van der Waals surface area contributed by atoms with Gasteiger partial charge in [0.1, 0.15) is 5.75 Å². The molecule has 84 valence electrons. The molecule has 0 atom stereocenters. The summed E-state index contributed by atoms with van der Waals surface area (Å²) in [5.41, 5.74) is -0.585. The molecule has 0 fully saturated rings. The van der Waals surface area contributed by atoms with Gasteiger partial charge in [-0.15, -0.1) is 5.46 Å². The van der Waals surface area contributed by atoms with Gasteiger partial charge in [-0.1, -0.05) is 25.5 Å². The average molecular weight is 256 g/mol. The second kappa shape index (κ2) is 7.76. The first-order valence-electron chi connectivity index (χ1n) is 4.96. The van der Waals surface area contributed by atoms with Gasteiger partial charge in [0.25, 0.3) is 0 Å². The summed E-state index contributed by atoms with van der Waals surface area (Å²) in [5, 5.41) is 0. The van der Waals surface area contributed by atoms with Gasteiger partial charge in [0, 0.05) is 0 Å². The molecule has 0 amide bonds. The van der Waals surface area contributed by atoms with E-state index < -0.39 is 12.4 Å². The summed E-state index contributed by atoms with van der Waals surface area (Å²) in [5.74, 6) is 0.493. The summed E-state index contributed by atoms with van der Waals surface area (Å²) >= 11 is 0. The Hall–Kier alpha value is 0.511. The zero-order valence-corrected chi connectivity index (χ0v) is 12.7. The van der Waals surface area contributed by atoms with Crippen LogP contribution in [0, 0.1) is 0 Å². The molecular weight excluding hydrogens is 243 g/mol. The van der Waals surface area contributed by atoms with Crippen molar-refractivity contribution in [3.8, 4) is 5.75 Å². The molecule has 0 saturated carbocycles. The van der Waals surface area contributed by atoms with Gasteiger partial charge in [0.05, 0.1) is 6.61 Å². The van der Waals surface area contributed by atoms with Gasteiger partial charge in [0.15, 0.2) is 0 Å². The molecule has 0 heterocycles. The van der Waals surface area contributed by atoms with Crippen molar-refractivity contribution in [3.05, 3.63) is 24.3 Å². The van der Waals surface area contributed by atoms with Crippen molar-refractivity contribution < 1.29 is 69.1 Å². The Morgan fingerprint density at radius 3 is 2.12 bits per heavy atom. The van der Waals surface area contributed by atoms with Crippen molar-refractivity contribution >= 4 is 12.4 Å². The van der Waals surface area contributed by atoms with Crippen molar-refractivity contribution in [1.82, 2.24) is 0 Å². The zero-order chi connectivity index (χ0) is 11.3. The van der Waals surface area contributed by atoms with E-state index in [1.807, 2.05) is 6.92 Å². The van der Waals surface area contributed by atoms with E-state index >= 15 is 0 Å². The van der Waals surface area contributed by atoms with Gasteiger partial charge in [-0.25, -0.2) is 0 Å². The normalized spacial score (nSPS) is 10.8. The van der Waals surface area contributed by atoms with Gasteiger partial charge in [-0.2, -0.15) is 0 Å². The summed E-state index contributed by atoms with van der Waals surface area (Å²) in [4.78, 5) is 0. The molecule has 0 radical (unpaired) electrons. The van der Waals surface area contributed by atoms with Crippen LogP contribution in [-0.2, 0) is 0 Å². The van der Waals surface area contributed by atoms with E-state index in [1.165, 1.54) is 12.1 Å². The predicted molar refractivity (Wildman–Crippen MR) is 55.6 cm³/mol. The molecule has 1 rings (SSSR count). The second-order valence-corrected chi connectivity index (χ2v) is 3.35. The first-order valence-corrected chi connectivity index (χ1v) is 4.96. The maximum Gasteiger partial charge on any atom is 1.00 e. The summed E-state index contributed by atoms with van der Waals surface area (Å²) in [6.07, 6.45) is 1.91. The van der Waals surface area contributed by atoms with Gasteiger partial charge in [-0.05, 0) is 18.6 Å². The first-order chi connectivity index (χ1) is 7.04. The van der Waals surface area contributed by atoms with Crippen LogP contribution in [0.3, 0.4) is 0 Å². The Morgan fingerprint density at radius 2 is 1.69 bits per heavy atom. The largest absolute Gasteiger partial charge is 1.00 e. The van der Waals surface area contributed by atoms with Crippen LogP contribution in [0.1, 0.15) is 19.8 Å². The van der Waals surface area contributed by atoms with E-state index in [0.717, 1.165) is 25.0 Å². The van der Waals surface area contributed by atoms with Gasteiger partial charge >= 0.3 is 58.4 Å². The van der Waals surface area contributed by atoms with Crippen LogP contribution in [0.15, 0.2) is 24.3 Å². The molecule has 0 bridgehead atoms. The molecule has 1 aromatic carbocycles. The van der Waals surface area contributed by atoms with E-state index in [9.17, 15) is 12.9 Å². The third-order valence-electron chi connectivity index (χ3n) is 2.02. The number of benzene rings is 1. The standard InChI is InChI=1S/C10H13BF3O.K/c1-2-3-8-15-10-6-4-9(5-7-10)11(12,13)14;/h4-7H,2-3,8H2,1H3;/q-1;+1. The van der Waals surface area contributed by atoms with Crippen molar-refractivity contribution in [2.45, 2.75) is 19.8 Å². The number of hydrogen-bond donors (Lipinski definition) is 0. The molecule has 0 spiro atoms. The quantitative estimate of drug-likeness (QED) is 0.529. The minimum absolute atomic E-state index is 0. The zero-order valence-electron chi connectivity index (χ0n) is 9.55. The molecule has 0 aliphatic carbocycles. The molecule has 0 aliphatic rings. The molecule has 16 heavy (non-hydrogen) atoms. The SMILES string of the molecule is CCCCOc1ccc([B-](F)(F)F)cc1.[K+]. The van der Waals surface area contributed by atoms with Gasteiger partial charge < -0.3 is 17.7 Å². The smallest absolute Gasteiger partial charge is 0.494 e. The maximum absolute atomic E-state index is 12.2. The van der Waals surface area contributed by atoms with E-state index in [1.54, 1.807) is 0 Å². The van der Waals surface area contributed by atoms with Gasteiger partial charge in [-0.3, -0.25) is 0 Å². The van der Waals surface area contributed by atoms with E-state index in [-0.39, 0.29) is 51.4 Å². The number of unbranched alkanes of at least 4 members (excludes halogenated alkanes) is 1. The molecule has 6 heteroatoms. The Morgan fingerprint density at radius 1 is 1.12 bits per heavy atom. The third-order valence-corrected chi connectivity index (χ3v) is 2.02. The minimum Gasteiger partial charge on any atom is -0.494 e. The topological polar surface area (TPSA) is 9.23 Å². The average Bonchev–Trinajstić information content (AvgIpc) is 2.18. The fourth-order valence-corrected chi connectivity index (χ4v) is 1.12. The van der Waals surface area contributed by atoms with Crippen LogP contribution >= 0.6 is 0 Å². The minimum atomic E-state index is -4.89. The molecular formula is C10H13BF3KO. The number of ether oxygens (including phenoxy) is 1. The van der Waals surface area contributed by atoms with Crippen LogP contribution in [0.2, 0.25) is 0 Å². The Balaban J connectivity index is 0.00000225. The molecule has 0 saturated heterocycles. The summed E-state index contributed by atoms with van der Waals surface area (Å²) in [7, 11) is 0. The third kappa shape index (κ3) is 5.72. The summed E-state index contributed by atoms with van der Waals surface area (Å²) < 4.78 is 42.0. The summed E-state index contributed by atoms with van der Waals surface area (Å²) in [6, 6.07) is 4.84. The predicted octanol–water partition coefficient (Wildman–Crippen LogP) is -0.0761. The van der Waals surface area contributed by atoms with Gasteiger partial charge in [0.2, 0.25) is 0 Å². The monoisotopic (exact) mass is 256 g/mol. The molecule has 0 aliphatic heterocycles. The maximum atomic E-state index is 12.2. The van der Waals surface area contributed by atoms with Crippen LogP contribution in [0.25, 0.3) is 0 Å². The van der Waals surface area contributed by atoms with E-state index in [0.29, 0.717) is 12.4 Å². The van der Waals surface area contributed by atoms with E-state index in [2.05, 4.69) is 0 Å². The van der Waals surface area contributed by atoms with Crippen molar-refractivity contribution in [2.24, 2.45) is 0 Å². The first kappa shape index (κ1) is 16.5. The Kier molecular flexibility index (Phi) is 8.01. The van der Waals surface area contributed by atoms with Crippen LogP contribution < -0.4 is 61.6 Å². The van der Waals surface area contributed by atoms with Crippen molar-refractivity contribution in [3.63, 3.8) is 0 Å². The van der Waals surface area contributed by atoms with Crippen LogP contribution in [-0.4, -0.2) is 13.6 Å². The molecule has 1 aromatic rings. The second-order valence-electron chi connectivity index (χ2n) is 3.35. The van der Waals surface area contributed by atoms with Crippen molar-refractivity contribution in [2.75, 3.05) is 6.61 Å². The van der Waals surface area contributed by atoms with E-state index in [4.69, 9.17) is 4.74 Å². The molecule has 0 aromatic heterocycles. The molecule has 0 N–H and O–H groups in total. The van der Waals surface area contributed by atoms with Crippen molar-refractivity contribution in [1.29, 1.82) is 0 Å². The number of rotatable bonds is 5.